The van der Waals surface area contributed by atoms with Crippen LogP contribution in [0.5, 0.6) is 0 Å². The van der Waals surface area contributed by atoms with E-state index in [1.165, 1.54) is 0 Å². The molecule has 1 aliphatic heterocycles. The third kappa shape index (κ3) is 3.87. The summed E-state index contributed by atoms with van der Waals surface area (Å²) >= 11 is 0. The Kier molecular flexibility index (Phi) is 5.31. The average Bonchev–Trinajstić information content (AvgIpc) is 3.03. The van der Waals surface area contributed by atoms with Crippen molar-refractivity contribution in [2.45, 2.75) is 45.5 Å². The number of aromatic nitrogens is 5. The number of hydrogen-bond donors (Lipinski definition) is 1. The number of rotatable bonds is 5. The number of anilines is 3. The van der Waals surface area contributed by atoms with Gasteiger partial charge in [-0.25, -0.2) is 19.3 Å². The van der Waals surface area contributed by atoms with E-state index < -0.39 is 6.17 Å². The van der Waals surface area contributed by atoms with E-state index in [0.717, 1.165) is 16.9 Å². The lowest BCUT2D eigenvalue weighted by atomic mass is 10.1. The fraction of sp³-hybridized carbons (Fsp3) is 0.500. The van der Waals surface area contributed by atoms with Gasteiger partial charge in [0.25, 0.3) is 0 Å². The van der Waals surface area contributed by atoms with Gasteiger partial charge in [0.1, 0.15) is 29.1 Å². The summed E-state index contributed by atoms with van der Waals surface area (Å²) in [7, 11) is 1.55. The van der Waals surface area contributed by atoms with Gasteiger partial charge in [-0.3, -0.25) is 0 Å². The smallest absolute Gasteiger partial charge is 0.227 e. The second kappa shape index (κ2) is 7.90. The first kappa shape index (κ1) is 19.5. The van der Waals surface area contributed by atoms with E-state index in [2.05, 4.69) is 43.7 Å². The van der Waals surface area contributed by atoms with Crippen molar-refractivity contribution in [3.05, 3.63) is 30.4 Å². The number of piperidine rings is 1. The zero-order valence-electron chi connectivity index (χ0n) is 17.1. The minimum Gasteiger partial charge on any atom is -0.378 e. The summed E-state index contributed by atoms with van der Waals surface area (Å²) in [5.41, 5.74) is 1.88. The molecule has 0 saturated carbocycles. The molecule has 0 unspecified atom stereocenters. The number of nitrogens with one attached hydrogen (secondary N) is 1. The Morgan fingerprint density at radius 1 is 1.24 bits per heavy atom. The molecule has 2 atom stereocenters. The van der Waals surface area contributed by atoms with Gasteiger partial charge in [0.2, 0.25) is 5.95 Å². The highest BCUT2D eigenvalue weighted by Gasteiger charge is 2.30. The maximum atomic E-state index is 14.2. The quantitative estimate of drug-likeness (QED) is 0.704. The van der Waals surface area contributed by atoms with Crippen molar-refractivity contribution in [3.8, 4) is 0 Å². The van der Waals surface area contributed by atoms with Crippen LogP contribution in [-0.4, -0.2) is 57.0 Å². The Bertz CT molecular complexity index is 1010. The van der Waals surface area contributed by atoms with Crippen LogP contribution in [0.25, 0.3) is 11.0 Å². The Labute approximate surface area is 169 Å². The van der Waals surface area contributed by atoms with Gasteiger partial charge < -0.3 is 19.5 Å². The summed E-state index contributed by atoms with van der Waals surface area (Å²) in [6.45, 7) is 7.12. The maximum absolute atomic E-state index is 14.2. The molecule has 0 bridgehead atoms. The van der Waals surface area contributed by atoms with Gasteiger partial charge in [-0.1, -0.05) is 0 Å². The Morgan fingerprint density at radius 3 is 2.79 bits per heavy atom. The second-order valence-electron chi connectivity index (χ2n) is 7.57. The normalized spacial score (nSPS) is 19.9. The van der Waals surface area contributed by atoms with Crippen molar-refractivity contribution >= 4 is 28.6 Å². The number of ether oxygens (including phenoxy) is 1. The van der Waals surface area contributed by atoms with Crippen molar-refractivity contribution in [2.24, 2.45) is 0 Å². The van der Waals surface area contributed by atoms with E-state index in [9.17, 15) is 4.39 Å². The van der Waals surface area contributed by atoms with Gasteiger partial charge >= 0.3 is 0 Å². The van der Waals surface area contributed by atoms with Gasteiger partial charge in [0.05, 0.1) is 24.4 Å². The lowest BCUT2D eigenvalue weighted by molar-refractivity contribution is 0.0194. The minimum absolute atomic E-state index is 0.221. The number of fused-ring (bicyclic) bond motifs is 1. The van der Waals surface area contributed by atoms with Gasteiger partial charge in [-0.2, -0.15) is 4.98 Å². The minimum atomic E-state index is -1.06. The van der Waals surface area contributed by atoms with Crippen molar-refractivity contribution in [1.29, 1.82) is 0 Å². The summed E-state index contributed by atoms with van der Waals surface area (Å²) in [5.74, 6) is 2.73. The lowest BCUT2D eigenvalue weighted by Crippen LogP contribution is -2.46. The van der Waals surface area contributed by atoms with Crippen LogP contribution in [0.4, 0.5) is 22.0 Å². The standard InChI is InChI=1S/C20H26FN7O/c1-12(2)28-13(3)24-15-10-23-19(9-16(15)28)25-18-5-7-22-20(26-18)27-8-6-17(29-4)14(21)11-27/h5,7,9-10,12,14,17H,6,8,11H2,1-4H3,(H,22,23,25,26)/t14-,17-/m0/s1. The molecule has 4 rings (SSSR count). The fourth-order valence-electron chi connectivity index (χ4n) is 3.87. The van der Waals surface area contributed by atoms with E-state index in [0.29, 0.717) is 36.6 Å². The molecule has 29 heavy (non-hydrogen) atoms. The van der Waals surface area contributed by atoms with Crippen molar-refractivity contribution in [3.63, 3.8) is 0 Å². The van der Waals surface area contributed by atoms with E-state index in [-0.39, 0.29) is 12.6 Å². The zero-order chi connectivity index (χ0) is 20.5. The van der Waals surface area contributed by atoms with Crippen LogP contribution in [0.1, 0.15) is 32.1 Å². The Balaban J connectivity index is 1.56. The predicted molar refractivity (Wildman–Crippen MR) is 110 cm³/mol. The topological polar surface area (TPSA) is 81.0 Å². The highest BCUT2D eigenvalue weighted by Crippen LogP contribution is 2.25. The molecule has 9 heteroatoms. The zero-order valence-corrected chi connectivity index (χ0v) is 17.1. The molecule has 0 aromatic carbocycles. The third-order valence-electron chi connectivity index (χ3n) is 5.23. The molecule has 0 aliphatic carbocycles. The first-order chi connectivity index (χ1) is 14.0. The van der Waals surface area contributed by atoms with Gasteiger partial charge in [-0.05, 0) is 33.3 Å². The monoisotopic (exact) mass is 399 g/mol. The molecule has 0 spiro atoms. The van der Waals surface area contributed by atoms with Crippen LogP contribution in [0.2, 0.25) is 0 Å². The molecule has 8 nitrogen and oxygen atoms in total. The number of alkyl halides is 1. The van der Waals surface area contributed by atoms with Crippen molar-refractivity contribution < 1.29 is 9.13 Å². The molecule has 1 aliphatic rings. The molecule has 3 aromatic heterocycles. The predicted octanol–water partition coefficient (Wildman–Crippen LogP) is 3.42. The molecule has 3 aromatic rings. The van der Waals surface area contributed by atoms with Gasteiger partial charge in [0, 0.05) is 32.0 Å². The number of hydrogen-bond acceptors (Lipinski definition) is 7. The van der Waals surface area contributed by atoms with Crippen LogP contribution in [0, 0.1) is 6.92 Å². The molecule has 4 heterocycles. The Morgan fingerprint density at radius 2 is 2.07 bits per heavy atom. The van der Waals surface area contributed by atoms with Crippen LogP contribution < -0.4 is 10.2 Å². The highest BCUT2D eigenvalue weighted by atomic mass is 19.1. The Hall–Kier alpha value is -2.81. The molecule has 1 fully saturated rings. The van der Waals surface area contributed by atoms with Gasteiger partial charge in [-0.15, -0.1) is 0 Å². The summed E-state index contributed by atoms with van der Waals surface area (Å²) < 4.78 is 21.6. The molecule has 0 radical (unpaired) electrons. The van der Waals surface area contributed by atoms with Crippen LogP contribution in [-0.2, 0) is 4.74 Å². The highest BCUT2D eigenvalue weighted by molar-refractivity contribution is 5.79. The number of nitrogens with zero attached hydrogens (tertiary/aromatic N) is 6. The molecule has 1 N–H and O–H groups in total. The molecule has 1 saturated heterocycles. The summed E-state index contributed by atoms with van der Waals surface area (Å²) in [4.78, 5) is 19.7. The van der Waals surface area contributed by atoms with Gasteiger partial charge in [0.15, 0.2) is 0 Å². The number of pyridine rings is 1. The van der Waals surface area contributed by atoms with Crippen LogP contribution in [0.3, 0.4) is 0 Å². The van der Waals surface area contributed by atoms with E-state index in [4.69, 9.17) is 4.74 Å². The molecule has 154 valence electrons. The maximum Gasteiger partial charge on any atom is 0.227 e. The number of halogens is 1. The third-order valence-corrected chi connectivity index (χ3v) is 5.23. The summed E-state index contributed by atoms with van der Waals surface area (Å²) in [6, 6.07) is 4.04. The number of imidazole rings is 1. The van der Waals surface area contributed by atoms with Crippen molar-refractivity contribution in [2.75, 3.05) is 30.4 Å². The first-order valence-corrected chi connectivity index (χ1v) is 9.82. The molecular formula is C20H26FN7O. The van der Waals surface area contributed by atoms with E-state index in [1.54, 1.807) is 25.6 Å². The van der Waals surface area contributed by atoms with E-state index >= 15 is 0 Å². The number of aryl methyl sites for hydroxylation is 1. The first-order valence-electron chi connectivity index (χ1n) is 9.82. The summed E-state index contributed by atoms with van der Waals surface area (Å²) in [6.07, 6.45) is 2.61. The molecular weight excluding hydrogens is 373 g/mol. The SMILES string of the molecule is CO[C@H]1CCN(c2nccc(Nc3cc4c(cn3)nc(C)n4C(C)C)n2)C[C@@H]1F. The lowest BCUT2D eigenvalue weighted by Gasteiger charge is -2.33. The second-order valence-corrected chi connectivity index (χ2v) is 7.57. The van der Waals surface area contributed by atoms with Crippen molar-refractivity contribution in [1.82, 2.24) is 24.5 Å². The largest absolute Gasteiger partial charge is 0.378 e. The van der Waals surface area contributed by atoms with Crippen LogP contribution >= 0.6 is 0 Å². The summed E-state index contributed by atoms with van der Waals surface area (Å²) in [5, 5.41) is 3.23. The average molecular weight is 399 g/mol. The van der Waals surface area contributed by atoms with Crippen LogP contribution in [0.15, 0.2) is 24.5 Å². The number of methoxy groups -OCH3 is 1. The van der Waals surface area contributed by atoms with E-state index in [1.807, 2.05) is 17.9 Å². The fourth-order valence-corrected chi connectivity index (χ4v) is 3.87. The molecule has 0 amide bonds.